The quantitative estimate of drug-likeness (QED) is 0.749. The van der Waals surface area contributed by atoms with Crippen LogP contribution < -0.4 is 4.90 Å². The van der Waals surface area contributed by atoms with E-state index in [0.717, 1.165) is 6.26 Å². The predicted octanol–water partition coefficient (Wildman–Crippen LogP) is 0.582. The van der Waals surface area contributed by atoms with Gasteiger partial charge in [0.25, 0.3) is 0 Å². The van der Waals surface area contributed by atoms with E-state index in [-0.39, 0.29) is 11.0 Å². The average molecular weight is 367 g/mol. The highest BCUT2D eigenvalue weighted by atomic mass is 32.2. The second-order valence-corrected chi connectivity index (χ2v) is 7.96. The zero-order valence-corrected chi connectivity index (χ0v) is 15.3. The molecular weight excluding hydrogens is 346 g/mol. The lowest BCUT2D eigenvalue weighted by atomic mass is 10.2. The van der Waals surface area contributed by atoms with E-state index in [0.29, 0.717) is 55.9 Å². The Kier molecular flexibility index (Phi) is 5.00. The van der Waals surface area contributed by atoms with Crippen LogP contribution in [-0.2, 0) is 27.4 Å². The molecule has 136 valence electrons. The minimum absolute atomic E-state index is 0.131. The highest BCUT2D eigenvalue weighted by Gasteiger charge is 2.27. The summed E-state index contributed by atoms with van der Waals surface area (Å²) in [6.07, 6.45) is 3.54. The van der Waals surface area contributed by atoms with Gasteiger partial charge >= 0.3 is 0 Å². The Bertz CT molecular complexity index is 851. The van der Waals surface area contributed by atoms with Crippen LogP contribution >= 0.6 is 0 Å². The van der Waals surface area contributed by atoms with Gasteiger partial charge in [0, 0.05) is 32.2 Å². The maximum absolute atomic E-state index is 12.0. The number of anilines is 1. The maximum Gasteiger partial charge on any atom is 0.226 e. The Morgan fingerprint density at radius 3 is 2.84 bits per heavy atom. The molecule has 1 aliphatic rings. The van der Waals surface area contributed by atoms with Crippen LogP contribution in [0.3, 0.4) is 0 Å². The number of aryl methyl sites for hydroxylation is 2. The van der Waals surface area contributed by atoms with Crippen molar-refractivity contribution >= 4 is 15.7 Å². The normalized spacial score (nSPS) is 18.5. The molecule has 3 rings (SSSR count). The fraction of sp³-hybridized carbons (Fsp3) is 0.600. The van der Waals surface area contributed by atoms with Gasteiger partial charge < -0.3 is 14.2 Å². The second kappa shape index (κ2) is 7.04. The van der Waals surface area contributed by atoms with Crippen LogP contribution in [-0.4, -0.2) is 60.6 Å². The lowest BCUT2D eigenvalue weighted by Gasteiger charge is -2.34. The SMILES string of the molecule is CCc1nc(C[C@@H]2CN(c3nc(C)ncc3S(C)(=O)=O)CCO2)no1. The van der Waals surface area contributed by atoms with Crippen LogP contribution in [0.2, 0.25) is 0 Å². The monoisotopic (exact) mass is 367 g/mol. The summed E-state index contributed by atoms with van der Waals surface area (Å²) in [5, 5.41) is 3.94. The fourth-order valence-corrected chi connectivity index (χ4v) is 3.44. The average Bonchev–Trinajstić information content (AvgIpc) is 3.01. The highest BCUT2D eigenvalue weighted by Crippen LogP contribution is 2.24. The van der Waals surface area contributed by atoms with Crippen molar-refractivity contribution in [2.75, 3.05) is 30.9 Å². The summed E-state index contributed by atoms with van der Waals surface area (Å²) < 4.78 is 35.0. The summed E-state index contributed by atoms with van der Waals surface area (Å²) in [5.74, 6) is 2.13. The van der Waals surface area contributed by atoms with E-state index in [9.17, 15) is 8.42 Å². The smallest absolute Gasteiger partial charge is 0.226 e. The number of sulfone groups is 1. The van der Waals surface area contributed by atoms with Gasteiger partial charge in [-0.2, -0.15) is 4.98 Å². The molecule has 1 saturated heterocycles. The molecule has 0 aliphatic carbocycles. The van der Waals surface area contributed by atoms with E-state index in [1.165, 1.54) is 6.20 Å². The van der Waals surface area contributed by atoms with Crippen LogP contribution in [0.15, 0.2) is 15.6 Å². The van der Waals surface area contributed by atoms with Crippen molar-refractivity contribution in [3.63, 3.8) is 0 Å². The first kappa shape index (κ1) is 17.7. The molecule has 0 N–H and O–H groups in total. The van der Waals surface area contributed by atoms with Crippen LogP contribution in [0.25, 0.3) is 0 Å². The zero-order chi connectivity index (χ0) is 18.0. The summed E-state index contributed by atoms with van der Waals surface area (Å²) in [5.41, 5.74) is 0. The van der Waals surface area contributed by atoms with E-state index in [1.54, 1.807) is 6.92 Å². The summed E-state index contributed by atoms with van der Waals surface area (Å²) in [6, 6.07) is 0. The van der Waals surface area contributed by atoms with Gasteiger partial charge in [0.1, 0.15) is 10.7 Å². The van der Waals surface area contributed by atoms with Crippen molar-refractivity contribution in [3.8, 4) is 0 Å². The molecule has 0 aromatic carbocycles. The van der Waals surface area contributed by atoms with Crippen molar-refractivity contribution < 1.29 is 17.7 Å². The number of hydrogen-bond donors (Lipinski definition) is 0. The number of ether oxygens (including phenoxy) is 1. The molecule has 2 aromatic heterocycles. The molecule has 0 amide bonds. The first-order chi connectivity index (χ1) is 11.9. The summed E-state index contributed by atoms with van der Waals surface area (Å²) in [4.78, 5) is 14.7. The van der Waals surface area contributed by atoms with Crippen molar-refractivity contribution in [1.29, 1.82) is 0 Å². The largest absolute Gasteiger partial charge is 0.374 e. The standard InChI is InChI=1S/C15H21N5O4S/c1-4-14-18-13(19-24-14)7-11-9-20(5-6-23-11)15-12(25(3,21)22)8-16-10(2)17-15/h8,11H,4-7,9H2,1-3H3/t11-/m1/s1. The number of nitrogens with zero attached hydrogens (tertiary/aromatic N) is 5. The first-order valence-electron chi connectivity index (χ1n) is 8.08. The maximum atomic E-state index is 12.0. The van der Waals surface area contributed by atoms with Crippen LogP contribution in [0.1, 0.15) is 24.5 Å². The van der Waals surface area contributed by atoms with Gasteiger partial charge in [0.2, 0.25) is 5.89 Å². The highest BCUT2D eigenvalue weighted by molar-refractivity contribution is 7.90. The molecule has 0 unspecified atom stereocenters. The first-order valence-corrected chi connectivity index (χ1v) is 9.97. The second-order valence-electron chi connectivity index (χ2n) is 5.98. The third-order valence-electron chi connectivity index (χ3n) is 3.92. The van der Waals surface area contributed by atoms with Crippen molar-refractivity contribution in [3.05, 3.63) is 23.7 Å². The summed E-state index contributed by atoms with van der Waals surface area (Å²) in [6.45, 7) is 5.20. The minimum atomic E-state index is -3.42. The lowest BCUT2D eigenvalue weighted by molar-refractivity contribution is 0.0390. The molecule has 1 atom stereocenters. The van der Waals surface area contributed by atoms with Crippen LogP contribution in [0.4, 0.5) is 5.82 Å². The molecule has 0 radical (unpaired) electrons. The van der Waals surface area contributed by atoms with E-state index in [4.69, 9.17) is 9.26 Å². The van der Waals surface area contributed by atoms with Crippen LogP contribution in [0.5, 0.6) is 0 Å². The van der Waals surface area contributed by atoms with Gasteiger partial charge in [0.05, 0.1) is 18.9 Å². The third kappa shape index (κ3) is 4.13. The number of aromatic nitrogens is 4. The molecule has 9 nitrogen and oxygen atoms in total. The van der Waals surface area contributed by atoms with E-state index in [1.807, 2.05) is 11.8 Å². The Morgan fingerprint density at radius 2 is 2.16 bits per heavy atom. The molecule has 0 bridgehead atoms. The lowest BCUT2D eigenvalue weighted by Crippen LogP contribution is -2.44. The van der Waals surface area contributed by atoms with Gasteiger partial charge in [-0.05, 0) is 6.92 Å². The fourth-order valence-electron chi connectivity index (χ4n) is 2.69. The Hall–Kier alpha value is -2.07. The summed E-state index contributed by atoms with van der Waals surface area (Å²) >= 11 is 0. The van der Waals surface area contributed by atoms with Crippen molar-refractivity contribution in [2.45, 2.75) is 37.7 Å². The Labute approximate surface area is 146 Å². The molecule has 1 fully saturated rings. The van der Waals surface area contributed by atoms with Gasteiger partial charge in [0.15, 0.2) is 21.5 Å². The van der Waals surface area contributed by atoms with Gasteiger partial charge in [-0.3, -0.25) is 0 Å². The molecule has 25 heavy (non-hydrogen) atoms. The molecule has 2 aromatic rings. The third-order valence-corrected chi connectivity index (χ3v) is 5.00. The van der Waals surface area contributed by atoms with Gasteiger partial charge in [-0.25, -0.2) is 18.4 Å². The number of hydrogen-bond acceptors (Lipinski definition) is 9. The van der Waals surface area contributed by atoms with Crippen molar-refractivity contribution in [1.82, 2.24) is 20.1 Å². The number of rotatable bonds is 5. The molecule has 3 heterocycles. The molecule has 1 aliphatic heterocycles. The minimum Gasteiger partial charge on any atom is -0.374 e. The van der Waals surface area contributed by atoms with Gasteiger partial charge in [-0.15, -0.1) is 0 Å². The van der Waals surface area contributed by atoms with Crippen molar-refractivity contribution in [2.24, 2.45) is 0 Å². The Morgan fingerprint density at radius 1 is 1.36 bits per heavy atom. The topological polar surface area (TPSA) is 111 Å². The summed E-state index contributed by atoms with van der Waals surface area (Å²) in [7, 11) is -3.42. The molecule has 10 heteroatoms. The molecule has 0 spiro atoms. The zero-order valence-electron chi connectivity index (χ0n) is 14.5. The van der Waals surface area contributed by atoms with E-state index >= 15 is 0 Å². The molecular formula is C15H21N5O4S. The van der Waals surface area contributed by atoms with E-state index in [2.05, 4.69) is 20.1 Å². The number of morpholine rings is 1. The van der Waals surface area contributed by atoms with E-state index < -0.39 is 9.84 Å². The molecule has 0 saturated carbocycles. The van der Waals surface area contributed by atoms with Gasteiger partial charge in [-0.1, -0.05) is 12.1 Å². The Balaban J connectivity index is 1.80. The van der Waals surface area contributed by atoms with Crippen LogP contribution in [0, 0.1) is 6.92 Å². The predicted molar refractivity (Wildman–Crippen MR) is 89.2 cm³/mol.